The molecule has 0 aromatic carbocycles. The van der Waals surface area contributed by atoms with Gasteiger partial charge < -0.3 is 9.84 Å². The number of anilines is 1. The van der Waals surface area contributed by atoms with Crippen LogP contribution in [0.3, 0.4) is 0 Å². The first-order valence-corrected chi connectivity index (χ1v) is 8.86. The summed E-state index contributed by atoms with van der Waals surface area (Å²) in [6, 6.07) is 2.46. The first-order chi connectivity index (χ1) is 11.8. The summed E-state index contributed by atoms with van der Waals surface area (Å²) in [7, 11) is 0. The Morgan fingerprint density at radius 2 is 2.04 bits per heavy atom. The van der Waals surface area contributed by atoms with Crippen LogP contribution in [0.15, 0.2) is 16.9 Å². The third-order valence-electron chi connectivity index (χ3n) is 5.05. The maximum Gasteiger partial charge on any atom is 0.229 e. The van der Waals surface area contributed by atoms with Gasteiger partial charge in [-0.15, -0.1) is 0 Å². The lowest BCUT2D eigenvalue weighted by Crippen LogP contribution is -2.39. The first kappa shape index (κ1) is 15.5. The van der Waals surface area contributed by atoms with Gasteiger partial charge in [-0.05, 0) is 32.6 Å². The molecule has 2 aromatic rings. The van der Waals surface area contributed by atoms with E-state index in [4.69, 9.17) is 4.52 Å². The van der Waals surface area contributed by atoms with Gasteiger partial charge in [0.25, 0.3) is 0 Å². The van der Waals surface area contributed by atoms with Gasteiger partial charge in [0.15, 0.2) is 5.82 Å². The molecule has 2 aromatic heterocycles. The summed E-state index contributed by atoms with van der Waals surface area (Å²) in [6.45, 7) is 4.85. The van der Waals surface area contributed by atoms with E-state index in [0.29, 0.717) is 12.0 Å². The van der Waals surface area contributed by atoms with Crippen LogP contribution in [-0.2, 0) is 6.54 Å². The lowest BCUT2D eigenvalue weighted by Gasteiger charge is -2.31. The molecule has 0 unspecified atom stereocenters. The maximum absolute atomic E-state index is 5.41. The van der Waals surface area contributed by atoms with Gasteiger partial charge in [-0.1, -0.05) is 11.6 Å². The SMILES string of the molecule is Cc1cc(NC2CCN(Cc3noc(C4CCC4)n3)CC2)ncn1. The number of aromatic nitrogens is 4. The van der Waals surface area contributed by atoms with Crippen molar-refractivity contribution in [3.63, 3.8) is 0 Å². The Morgan fingerprint density at radius 1 is 1.21 bits per heavy atom. The fourth-order valence-electron chi connectivity index (χ4n) is 3.33. The van der Waals surface area contributed by atoms with Crippen molar-refractivity contribution >= 4 is 5.82 Å². The third kappa shape index (κ3) is 3.56. The molecule has 1 aliphatic carbocycles. The van der Waals surface area contributed by atoms with Gasteiger partial charge in [-0.3, -0.25) is 4.90 Å². The highest BCUT2D eigenvalue weighted by Crippen LogP contribution is 2.35. The van der Waals surface area contributed by atoms with E-state index >= 15 is 0 Å². The van der Waals surface area contributed by atoms with E-state index in [9.17, 15) is 0 Å². The standard InChI is InChI=1S/C17H24N6O/c1-12-9-15(19-11-18-12)20-14-5-7-23(8-6-14)10-16-21-17(24-22-16)13-3-2-4-13/h9,11,13-14H,2-8,10H2,1H3,(H,18,19,20). The first-order valence-electron chi connectivity index (χ1n) is 8.86. The Labute approximate surface area is 141 Å². The second-order valence-corrected chi connectivity index (χ2v) is 6.92. The van der Waals surface area contributed by atoms with Crippen LogP contribution in [0.25, 0.3) is 0 Å². The molecule has 3 heterocycles. The van der Waals surface area contributed by atoms with Gasteiger partial charge in [-0.25, -0.2) is 9.97 Å². The molecule has 0 bridgehead atoms. The topological polar surface area (TPSA) is 80.0 Å². The van der Waals surface area contributed by atoms with Gasteiger partial charge in [0, 0.05) is 36.8 Å². The summed E-state index contributed by atoms with van der Waals surface area (Å²) < 4.78 is 5.41. The minimum absolute atomic E-state index is 0.464. The van der Waals surface area contributed by atoms with E-state index in [1.165, 1.54) is 19.3 Å². The smallest absolute Gasteiger partial charge is 0.229 e. The van der Waals surface area contributed by atoms with Gasteiger partial charge in [-0.2, -0.15) is 4.98 Å². The summed E-state index contributed by atoms with van der Waals surface area (Å²) in [5.41, 5.74) is 0.990. The fraction of sp³-hybridized carbons (Fsp3) is 0.647. The van der Waals surface area contributed by atoms with E-state index < -0.39 is 0 Å². The van der Waals surface area contributed by atoms with Crippen LogP contribution in [0.5, 0.6) is 0 Å². The summed E-state index contributed by atoms with van der Waals surface area (Å²) >= 11 is 0. The van der Waals surface area contributed by atoms with Crippen LogP contribution in [0.2, 0.25) is 0 Å². The van der Waals surface area contributed by atoms with Crippen molar-refractivity contribution in [2.75, 3.05) is 18.4 Å². The molecule has 0 amide bonds. The molecule has 128 valence electrons. The molecule has 1 aliphatic heterocycles. The Kier molecular flexibility index (Phi) is 4.42. The highest BCUT2D eigenvalue weighted by molar-refractivity contribution is 5.35. The minimum Gasteiger partial charge on any atom is -0.367 e. The Balaban J connectivity index is 1.26. The van der Waals surface area contributed by atoms with Crippen LogP contribution in [0.1, 0.15) is 55.4 Å². The molecule has 1 saturated carbocycles. The highest BCUT2D eigenvalue weighted by Gasteiger charge is 2.26. The monoisotopic (exact) mass is 328 g/mol. The van der Waals surface area contributed by atoms with Gasteiger partial charge >= 0.3 is 0 Å². The van der Waals surface area contributed by atoms with Crippen LogP contribution in [0, 0.1) is 6.92 Å². The average molecular weight is 328 g/mol. The summed E-state index contributed by atoms with van der Waals surface area (Å²) in [5.74, 6) is 3.10. The lowest BCUT2D eigenvalue weighted by atomic mass is 9.85. The van der Waals surface area contributed by atoms with E-state index in [0.717, 1.165) is 55.7 Å². The molecule has 0 atom stereocenters. The molecular weight excluding hydrogens is 304 g/mol. The van der Waals surface area contributed by atoms with Crippen LogP contribution in [-0.4, -0.2) is 44.1 Å². The predicted molar refractivity (Wildman–Crippen MR) is 89.6 cm³/mol. The molecular formula is C17H24N6O. The number of nitrogens with one attached hydrogen (secondary N) is 1. The van der Waals surface area contributed by atoms with Crippen molar-refractivity contribution in [1.82, 2.24) is 25.0 Å². The molecule has 1 saturated heterocycles. The Bertz CT molecular complexity index is 675. The maximum atomic E-state index is 5.41. The lowest BCUT2D eigenvalue weighted by molar-refractivity contribution is 0.203. The molecule has 24 heavy (non-hydrogen) atoms. The van der Waals surface area contributed by atoms with Crippen LogP contribution in [0.4, 0.5) is 5.82 Å². The molecule has 0 radical (unpaired) electrons. The predicted octanol–water partition coefficient (Wildman–Crippen LogP) is 2.51. The molecule has 4 rings (SSSR count). The highest BCUT2D eigenvalue weighted by atomic mass is 16.5. The molecule has 2 fully saturated rings. The van der Waals surface area contributed by atoms with Crippen molar-refractivity contribution in [1.29, 1.82) is 0 Å². The number of nitrogens with zero attached hydrogens (tertiary/aromatic N) is 5. The number of likely N-dealkylation sites (tertiary alicyclic amines) is 1. The fourth-order valence-corrected chi connectivity index (χ4v) is 3.33. The third-order valence-corrected chi connectivity index (χ3v) is 5.05. The van der Waals surface area contributed by atoms with Gasteiger partial charge in [0.1, 0.15) is 12.1 Å². The number of hydrogen-bond donors (Lipinski definition) is 1. The van der Waals surface area contributed by atoms with E-state index in [2.05, 4.69) is 30.3 Å². The van der Waals surface area contributed by atoms with Crippen molar-refractivity contribution < 1.29 is 4.52 Å². The molecule has 1 N–H and O–H groups in total. The van der Waals surface area contributed by atoms with Gasteiger partial charge in [0.2, 0.25) is 5.89 Å². The van der Waals surface area contributed by atoms with E-state index in [1.807, 2.05) is 13.0 Å². The quantitative estimate of drug-likeness (QED) is 0.903. The second kappa shape index (κ2) is 6.84. The minimum atomic E-state index is 0.464. The molecule has 0 spiro atoms. The average Bonchev–Trinajstić information content (AvgIpc) is 2.95. The van der Waals surface area contributed by atoms with Crippen LogP contribution < -0.4 is 5.32 Å². The number of piperidine rings is 1. The Hall–Kier alpha value is -2.02. The van der Waals surface area contributed by atoms with E-state index in [1.54, 1.807) is 6.33 Å². The molecule has 7 nitrogen and oxygen atoms in total. The zero-order chi connectivity index (χ0) is 16.4. The zero-order valence-corrected chi connectivity index (χ0v) is 14.1. The van der Waals surface area contributed by atoms with Crippen molar-refractivity contribution in [2.24, 2.45) is 0 Å². The van der Waals surface area contributed by atoms with Crippen LogP contribution >= 0.6 is 0 Å². The zero-order valence-electron chi connectivity index (χ0n) is 14.1. The normalized spacial score (nSPS) is 20.0. The summed E-state index contributed by atoms with van der Waals surface area (Å²) in [4.78, 5) is 15.4. The number of hydrogen-bond acceptors (Lipinski definition) is 7. The van der Waals surface area contributed by atoms with Crippen molar-refractivity contribution in [2.45, 2.75) is 57.5 Å². The molecule has 7 heteroatoms. The largest absolute Gasteiger partial charge is 0.367 e. The number of aryl methyl sites for hydroxylation is 1. The number of rotatable bonds is 5. The second-order valence-electron chi connectivity index (χ2n) is 6.92. The summed E-state index contributed by atoms with van der Waals surface area (Å²) in [5, 5.41) is 7.66. The van der Waals surface area contributed by atoms with Crippen molar-refractivity contribution in [3.05, 3.63) is 29.8 Å². The van der Waals surface area contributed by atoms with Gasteiger partial charge in [0.05, 0.1) is 6.54 Å². The summed E-state index contributed by atoms with van der Waals surface area (Å²) in [6.07, 6.45) is 7.48. The molecule has 2 aliphatic rings. The van der Waals surface area contributed by atoms with Crippen molar-refractivity contribution in [3.8, 4) is 0 Å². The Morgan fingerprint density at radius 3 is 2.75 bits per heavy atom. The van der Waals surface area contributed by atoms with E-state index in [-0.39, 0.29) is 0 Å².